The maximum Gasteiger partial charge on any atom is 0.0198 e. The van der Waals surface area contributed by atoms with E-state index in [-0.39, 0.29) is 0 Å². The fourth-order valence-electron chi connectivity index (χ4n) is 2.74. The van der Waals surface area contributed by atoms with Gasteiger partial charge in [0.25, 0.3) is 0 Å². The molecule has 1 heterocycles. The Morgan fingerprint density at radius 3 is 2.59 bits per heavy atom. The average Bonchev–Trinajstić information content (AvgIpc) is 2.52. The first-order valence-electron chi connectivity index (χ1n) is 7.58. The SMILES string of the molecule is Cc1ccc(Sc2ccc(Br)cc2C2=CCNCC2)c(C)c1. The zero-order valence-electron chi connectivity index (χ0n) is 12.9. The molecule has 3 heteroatoms. The number of rotatable bonds is 3. The summed E-state index contributed by atoms with van der Waals surface area (Å²) in [6.45, 7) is 6.37. The van der Waals surface area contributed by atoms with E-state index < -0.39 is 0 Å². The van der Waals surface area contributed by atoms with Gasteiger partial charge in [-0.05, 0) is 67.8 Å². The summed E-state index contributed by atoms with van der Waals surface area (Å²) in [4.78, 5) is 2.67. The largest absolute Gasteiger partial charge is 0.313 e. The van der Waals surface area contributed by atoms with Crippen molar-refractivity contribution in [2.75, 3.05) is 13.1 Å². The minimum Gasteiger partial charge on any atom is -0.313 e. The molecule has 2 aromatic carbocycles. The zero-order chi connectivity index (χ0) is 15.5. The van der Waals surface area contributed by atoms with Gasteiger partial charge >= 0.3 is 0 Å². The van der Waals surface area contributed by atoms with E-state index >= 15 is 0 Å². The number of benzene rings is 2. The van der Waals surface area contributed by atoms with Gasteiger partial charge in [0.15, 0.2) is 0 Å². The predicted octanol–water partition coefficient (Wildman–Crippen LogP) is 5.59. The third kappa shape index (κ3) is 3.65. The lowest BCUT2D eigenvalue weighted by atomic mass is 10.0. The molecule has 0 saturated carbocycles. The van der Waals surface area contributed by atoms with Crippen molar-refractivity contribution < 1.29 is 0 Å². The lowest BCUT2D eigenvalue weighted by molar-refractivity contribution is 0.737. The van der Waals surface area contributed by atoms with Crippen LogP contribution in [0.4, 0.5) is 0 Å². The smallest absolute Gasteiger partial charge is 0.0198 e. The van der Waals surface area contributed by atoms with Crippen molar-refractivity contribution in [3.8, 4) is 0 Å². The Kier molecular flexibility index (Phi) is 5.07. The molecule has 1 aliphatic heterocycles. The summed E-state index contributed by atoms with van der Waals surface area (Å²) < 4.78 is 1.15. The number of aryl methyl sites for hydroxylation is 2. The Labute approximate surface area is 145 Å². The van der Waals surface area contributed by atoms with E-state index in [2.05, 4.69) is 77.6 Å². The van der Waals surface area contributed by atoms with Crippen LogP contribution in [-0.4, -0.2) is 13.1 Å². The van der Waals surface area contributed by atoms with Crippen molar-refractivity contribution in [2.24, 2.45) is 0 Å². The minimum absolute atomic E-state index is 0.968. The molecule has 1 nitrogen and oxygen atoms in total. The molecule has 0 aliphatic carbocycles. The second-order valence-corrected chi connectivity index (χ2v) is 7.69. The quantitative estimate of drug-likeness (QED) is 0.751. The Balaban J connectivity index is 1.98. The number of nitrogens with one attached hydrogen (secondary N) is 1. The van der Waals surface area contributed by atoms with E-state index in [0.29, 0.717) is 0 Å². The van der Waals surface area contributed by atoms with Crippen molar-refractivity contribution in [3.63, 3.8) is 0 Å². The molecule has 0 radical (unpaired) electrons. The predicted molar refractivity (Wildman–Crippen MR) is 99.6 cm³/mol. The van der Waals surface area contributed by atoms with Gasteiger partial charge in [0.05, 0.1) is 0 Å². The summed E-state index contributed by atoms with van der Waals surface area (Å²) in [6, 6.07) is 13.3. The molecule has 0 aromatic heterocycles. The van der Waals surface area contributed by atoms with Gasteiger partial charge < -0.3 is 5.32 Å². The summed E-state index contributed by atoms with van der Waals surface area (Å²) in [5.74, 6) is 0. The molecule has 0 amide bonds. The average molecular weight is 374 g/mol. The van der Waals surface area contributed by atoms with Crippen molar-refractivity contribution in [3.05, 3.63) is 63.6 Å². The molecule has 0 saturated heterocycles. The van der Waals surface area contributed by atoms with E-state index in [9.17, 15) is 0 Å². The van der Waals surface area contributed by atoms with Crippen LogP contribution in [0, 0.1) is 13.8 Å². The van der Waals surface area contributed by atoms with E-state index in [1.54, 1.807) is 0 Å². The van der Waals surface area contributed by atoms with Crippen LogP contribution in [0.15, 0.2) is 56.7 Å². The van der Waals surface area contributed by atoms with Crippen LogP contribution in [0.5, 0.6) is 0 Å². The molecule has 3 rings (SSSR count). The second-order valence-electron chi connectivity index (χ2n) is 5.69. The molecule has 114 valence electrons. The van der Waals surface area contributed by atoms with Crippen LogP contribution >= 0.6 is 27.7 Å². The van der Waals surface area contributed by atoms with Gasteiger partial charge in [-0.15, -0.1) is 0 Å². The number of hydrogen-bond acceptors (Lipinski definition) is 2. The van der Waals surface area contributed by atoms with Crippen LogP contribution in [-0.2, 0) is 0 Å². The molecule has 0 spiro atoms. The monoisotopic (exact) mass is 373 g/mol. The molecule has 2 aromatic rings. The van der Waals surface area contributed by atoms with Crippen LogP contribution < -0.4 is 5.32 Å². The molecular formula is C19H20BrNS. The summed E-state index contributed by atoms with van der Waals surface area (Å²) >= 11 is 5.49. The molecule has 0 atom stereocenters. The number of hydrogen-bond donors (Lipinski definition) is 1. The van der Waals surface area contributed by atoms with Gasteiger partial charge in [-0.2, -0.15) is 0 Å². The molecule has 0 unspecified atom stereocenters. The van der Waals surface area contributed by atoms with Gasteiger partial charge in [0, 0.05) is 20.8 Å². The zero-order valence-corrected chi connectivity index (χ0v) is 15.4. The molecule has 0 bridgehead atoms. The molecular weight excluding hydrogens is 354 g/mol. The Morgan fingerprint density at radius 1 is 1.05 bits per heavy atom. The molecule has 0 fully saturated rings. The Morgan fingerprint density at radius 2 is 1.86 bits per heavy atom. The Hall–Kier alpha value is -1.03. The highest BCUT2D eigenvalue weighted by atomic mass is 79.9. The highest BCUT2D eigenvalue weighted by Crippen LogP contribution is 2.38. The van der Waals surface area contributed by atoms with Crippen molar-refractivity contribution in [1.82, 2.24) is 5.32 Å². The molecule has 22 heavy (non-hydrogen) atoms. The lowest BCUT2D eigenvalue weighted by Crippen LogP contribution is -2.20. The maximum absolute atomic E-state index is 3.62. The van der Waals surface area contributed by atoms with Crippen molar-refractivity contribution >= 4 is 33.3 Å². The van der Waals surface area contributed by atoms with Gasteiger partial charge in [-0.25, -0.2) is 0 Å². The fraction of sp³-hybridized carbons (Fsp3) is 0.263. The van der Waals surface area contributed by atoms with Crippen LogP contribution in [0.25, 0.3) is 5.57 Å². The van der Waals surface area contributed by atoms with Crippen molar-refractivity contribution in [1.29, 1.82) is 0 Å². The fourth-order valence-corrected chi connectivity index (χ4v) is 4.13. The van der Waals surface area contributed by atoms with Gasteiger partial charge in [-0.3, -0.25) is 0 Å². The minimum atomic E-state index is 0.968. The first-order valence-corrected chi connectivity index (χ1v) is 9.19. The Bertz CT molecular complexity index is 721. The van der Waals surface area contributed by atoms with Crippen LogP contribution in [0.3, 0.4) is 0 Å². The highest BCUT2D eigenvalue weighted by Gasteiger charge is 2.13. The summed E-state index contributed by atoms with van der Waals surface area (Å²) in [5.41, 5.74) is 5.48. The van der Waals surface area contributed by atoms with Gasteiger partial charge in [0.1, 0.15) is 0 Å². The van der Waals surface area contributed by atoms with Gasteiger partial charge in [0.2, 0.25) is 0 Å². The topological polar surface area (TPSA) is 12.0 Å². The summed E-state index contributed by atoms with van der Waals surface area (Å²) in [6.07, 6.45) is 3.41. The summed E-state index contributed by atoms with van der Waals surface area (Å²) in [7, 11) is 0. The van der Waals surface area contributed by atoms with Crippen LogP contribution in [0.1, 0.15) is 23.1 Å². The highest BCUT2D eigenvalue weighted by molar-refractivity contribution is 9.10. The van der Waals surface area contributed by atoms with E-state index in [1.807, 2.05) is 11.8 Å². The standard InChI is InChI=1S/C19H20BrNS/c1-13-3-5-18(14(2)11-13)22-19-6-4-16(20)12-17(19)15-7-9-21-10-8-15/h3-7,11-12,21H,8-10H2,1-2H3. The summed E-state index contributed by atoms with van der Waals surface area (Å²) in [5, 5.41) is 3.39. The third-order valence-corrected chi connectivity index (χ3v) is 5.65. The van der Waals surface area contributed by atoms with Crippen LogP contribution in [0.2, 0.25) is 0 Å². The van der Waals surface area contributed by atoms with E-state index in [1.165, 1.54) is 32.1 Å². The van der Waals surface area contributed by atoms with Crippen molar-refractivity contribution in [2.45, 2.75) is 30.1 Å². The molecule has 1 aliphatic rings. The number of halogens is 1. The maximum atomic E-state index is 3.62. The van der Waals surface area contributed by atoms with E-state index in [4.69, 9.17) is 0 Å². The second kappa shape index (κ2) is 7.03. The lowest BCUT2D eigenvalue weighted by Gasteiger charge is -2.18. The molecule has 1 N–H and O–H groups in total. The van der Waals surface area contributed by atoms with Gasteiger partial charge in [-0.1, -0.05) is 51.5 Å². The first kappa shape index (κ1) is 15.9. The normalized spacial score (nSPS) is 14.8. The van der Waals surface area contributed by atoms with E-state index in [0.717, 1.165) is 24.0 Å². The third-order valence-electron chi connectivity index (χ3n) is 3.90. The first-order chi connectivity index (χ1) is 10.6.